The summed E-state index contributed by atoms with van der Waals surface area (Å²) < 4.78 is 0. The lowest BCUT2D eigenvalue weighted by molar-refractivity contribution is -0.141. The molecule has 0 aromatic heterocycles. The molecular formula is C30H30Cl4N2O2. The molecule has 0 aliphatic heterocycles. The van der Waals surface area contributed by atoms with E-state index in [1.165, 1.54) is 6.42 Å². The molecular weight excluding hydrogens is 562 g/mol. The summed E-state index contributed by atoms with van der Waals surface area (Å²) in [5.74, 6) is -0.449. The average Bonchev–Trinajstić information content (AvgIpc) is 2.90. The molecule has 0 saturated heterocycles. The molecule has 38 heavy (non-hydrogen) atoms. The number of nitrogens with one attached hydrogen (secondary N) is 1. The number of rotatable bonds is 9. The monoisotopic (exact) mass is 590 g/mol. The Kier molecular flexibility index (Phi) is 10.4. The van der Waals surface area contributed by atoms with Crippen molar-refractivity contribution in [3.63, 3.8) is 0 Å². The lowest BCUT2D eigenvalue weighted by Gasteiger charge is -2.34. The van der Waals surface area contributed by atoms with Gasteiger partial charge in [-0.1, -0.05) is 108 Å². The zero-order chi connectivity index (χ0) is 27.1. The fourth-order valence-corrected chi connectivity index (χ4v) is 5.89. The van der Waals surface area contributed by atoms with Crippen LogP contribution in [0.4, 0.5) is 0 Å². The van der Waals surface area contributed by atoms with Gasteiger partial charge in [0.2, 0.25) is 11.8 Å². The lowest BCUT2D eigenvalue weighted by atomic mass is 9.94. The van der Waals surface area contributed by atoms with Crippen LogP contribution in [0.25, 0.3) is 0 Å². The number of amides is 2. The van der Waals surface area contributed by atoms with Gasteiger partial charge < -0.3 is 10.2 Å². The van der Waals surface area contributed by atoms with Crippen molar-refractivity contribution in [3.05, 3.63) is 104 Å². The second-order valence-electron chi connectivity index (χ2n) is 9.68. The first-order valence-electron chi connectivity index (χ1n) is 12.8. The van der Waals surface area contributed by atoms with Crippen LogP contribution in [0.3, 0.4) is 0 Å². The van der Waals surface area contributed by atoms with E-state index in [1.807, 2.05) is 30.3 Å². The van der Waals surface area contributed by atoms with Gasteiger partial charge in [0.1, 0.15) is 6.04 Å². The molecule has 1 fully saturated rings. The summed E-state index contributed by atoms with van der Waals surface area (Å²) in [7, 11) is 0. The van der Waals surface area contributed by atoms with Crippen LogP contribution in [0.15, 0.2) is 66.7 Å². The van der Waals surface area contributed by atoms with E-state index in [4.69, 9.17) is 46.4 Å². The molecule has 1 saturated carbocycles. The average molecular weight is 592 g/mol. The second-order valence-corrected chi connectivity index (χ2v) is 11.3. The molecule has 200 valence electrons. The van der Waals surface area contributed by atoms with Gasteiger partial charge in [0.05, 0.1) is 6.42 Å². The van der Waals surface area contributed by atoms with Crippen molar-refractivity contribution in [2.45, 2.75) is 63.6 Å². The highest BCUT2D eigenvalue weighted by Crippen LogP contribution is 2.28. The van der Waals surface area contributed by atoms with E-state index in [0.717, 1.165) is 31.2 Å². The van der Waals surface area contributed by atoms with Crippen LogP contribution in [0, 0.1) is 0 Å². The highest BCUT2D eigenvalue weighted by Gasteiger charge is 2.32. The number of nitrogens with zero attached hydrogens (tertiary/aromatic N) is 1. The van der Waals surface area contributed by atoms with Crippen LogP contribution in [0.2, 0.25) is 20.1 Å². The maximum atomic E-state index is 14.0. The van der Waals surface area contributed by atoms with E-state index in [0.29, 0.717) is 37.6 Å². The van der Waals surface area contributed by atoms with Gasteiger partial charge in [0.15, 0.2) is 0 Å². The summed E-state index contributed by atoms with van der Waals surface area (Å²) in [5.41, 5.74) is 2.17. The number of carbonyl (C=O) groups excluding carboxylic acids is 2. The Morgan fingerprint density at radius 1 is 0.842 bits per heavy atom. The predicted molar refractivity (Wildman–Crippen MR) is 156 cm³/mol. The van der Waals surface area contributed by atoms with Crippen molar-refractivity contribution in [1.29, 1.82) is 0 Å². The van der Waals surface area contributed by atoms with E-state index in [-0.39, 0.29) is 30.8 Å². The first-order chi connectivity index (χ1) is 18.3. The molecule has 0 radical (unpaired) electrons. The zero-order valence-electron chi connectivity index (χ0n) is 20.9. The van der Waals surface area contributed by atoms with E-state index in [2.05, 4.69) is 5.32 Å². The Bertz CT molecular complexity index is 1240. The zero-order valence-corrected chi connectivity index (χ0v) is 24.0. The van der Waals surface area contributed by atoms with Crippen molar-refractivity contribution < 1.29 is 9.59 Å². The summed E-state index contributed by atoms with van der Waals surface area (Å²) >= 11 is 25.5. The van der Waals surface area contributed by atoms with Crippen molar-refractivity contribution >= 4 is 58.2 Å². The maximum absolute atomic E-state index is 14.0. The minimum atomic E-state index is -0.764. The first kappa shape index (κ1) is 28.8. The largest absolute Gasteiger partial charge is 0.352 e. The predicted octanol–water partition coefficient (Wildman–Crippen LogP) is 7.93. The van der Waals surface area contributed by atoms with Gasteiger partial charge in [-0.25, -0.2) is 0 Å². The summed E-state index contributed by atoms with van der Waals surface area (Å²) in [6.45, 7) is 0.131. The third-order valence-electron chi connectivity index (χ3n) is 6.97. The molecule has 1 atom stereocenters. The van der Waals surface area contributed by atoms with Crippen molar-refractivity contribution in [2.75, 3.05) is 0 Å². The van der Waals surface area contributed by atoms with Crippen molar-refractivity contribution in [1.82, 2.24) is 10.2 Å². The van der Waals surface area contributed by atoms with Gasteiger partial charge in [-0.05, 0) is 53.8 Å². The van der Waals surface area contributed by atoms with Crippen LogP contribution in [-0.2, 0) is 29.0 Å². The van der Waals surface area contributed by atoms with E-state index in [9.17, 15) is 9.59 Å². The third kappa shape index (κ3) is 7.66. The van der Waals surface area contributed by atoms with E-state index < -0.39 is 6.04 Å². The second kappa shape index (κ2) is 13.7. The Balaban J connectivity index is 1.71. The molecule has 0 heterocycles. The quantitative estimate of drug-likeness (QED) is 0.275. The highest BCUT2D eigenvalue weighted by molar-refractivity contribution is 6.36. The van der Waals surface area contributed by atoms with Crippen molar-refractivity contribution in [2.24, 2.45) is 0 Å². The van der Waals surface area contributed by atoms with Crippen molar-refractivity contribution in [3.8, 4) is 0 Å². The molecule has 4 rings (SSSR count). The number of carbonyl (C=O) groups is 2. The molecule has 8 heteroatoms. The molecule has 0 bridgehead atoms. The van der Waals surface area contributed by atoms with Crippen LogP contribution < -0.4 is 5.32 Å². The molecule has 1 aliphatic rings. The summed E-state index contributed by atoms with van der Waals surface area (Å²) in [6, 6.07) is 19.3. The molecule has 3 aromatic carbocycles. The Morgan fingerprint density at radius 3 is 2.18 bits per heavy atom. The Morgan fingerprint density at radius 2 is 1.53 bits per heavy atom. The molecule has 1 N–H and O–H groups in total. The fraction of sp³-hybridized carbons (Fsp3) is 0.333. The Hall–Kier alpha value is -2.24. The lowest BCUT2D eigenvalue weighted by Crippen LogP contribution is -2.53. The van der Waals surface area contributed by atoms with E-state index >= 15 is 0 Å². The molecule has 0 unspecified atom stereocenters. The number of halogens is 4. The standard InChI is InChI=1S/C30H30Cl4N2O2/c31-22-15-14-21(27(34)17-22)19-36(29(37)18-24-25(32)12-7-13-26(24)33)28(16-20-8-3-1-4-9-20)30(38)35-23-10-5-2-6-11-23/h1,3-4,7-9,12-15,17,23,28H,2,5-6,10-11,16,18-19H2,(H,35,38)/t28-/m0/s1. The minimum Gasteiger partial charge on any atom is -0.352 e. The molecule has 1 aliphatic carbocycles. The summed E-state index contributed by atoms with van der Waals surface area (Å²) in [4.78, 5) is 29.5. The van der Waals surface area contributed by atoms with Crippen LogP contribution in [0.5, 0.6) is 0 Å². The maximum Gasteiger partial charge on any atom is 0.243 e. The van der Waals surface area contributed by atoms with Gasteiger partial charge in [-0.3, -0.25) is 9.59 Å². The van der Waals surface area contributed by atoms with Gasteiger partial charge in [0.25, 0.3) is 0 Å². The summed E-state index contributed by atoms with van der Waals surface area (Å²) in [5, 5.41) is 4.96. The number of hydrogen-bond acceptors (Lipinski definition) is 2. The fourth-order valence-electron chi connectivity index (χ4n) is 4.89. The van der Waals surface area contributed by atoms with Crippen LogP contribution >= 0.6 is 46.4 Å². The van der Waals surface area contributed by atoms with Gasteiger partial charge >= 0.3 is 0 Å². The molecule has 2 amide bonds. The van der Waals surface area contributed by atoms with Gasteiger partial charge in [-0.2, -0.15) is 0 Å². The van der Waals surface area contributed by atoms with Gasteiger partial charge in [0, 0.05) is 39.1 Å². The smallest absolute Gasteiger partial charge is 0.243 e. The normalized spacial score (nSPS) is 14.6. The first-order valence-corrected chi connectivity index (χ1v) is 14.3. The number of benzene rings is 3. The van der Waals surface area contributed by atoms with E-state index in [1.54, 1.807) is 41.3 Å². The number of hydrogen-bond donors (Lipinski definition) is 1. The topological polar surface area (TPSA) is 49.4 Å². The van der Waals surface area contributed by atoms with Crippen LogP contribution in [-0.4, -0.2) is 28.8 Å². The minimum absolute atomic E-state index is 0.0499. The summed E-state index contributed by atoms with van der Waals surface area (Å²) in [6.07, 6.45) is 5.53. The molecule has 0 spiro atoms. The highest BCUT2D eigenvalue weighted by atomic mass is 35.5. The van der Waals surface area contributed by atoms with Crippen LogP contribution in [0.1, 0.15) is 48.8 Å². The Labute approximate surface area is 244 Å². The molecule has 3 aromatic rings. The molecule has 4 nitrogen and oxygen atoms in total. The van der Waals surface area contributed by atoms with Gasteiger partial charge in [-0.15, -0.1) is 0 Å². The SMILES string of the molecule is O=C(NC1CCCCC1)[C@H](Cc1ccccc1)N(Cc1ccc(Cl)cc1Cl)C(=O)Cc1c(Cl)cccc1Cl. The third-order valence-corrected chi connectivity index (χ3v) is 8.26.